The fraction of sp³-hybridized carbons (Fsp3) is 0.257. The highest BCUT2D eigenvalue weighted by Gasteiger charge is 2.61. The Hall–Kier alpha value is -6.51. The van der Waals surface area contributed by atoms with Gasteiger partial charge < -0.3 is 23.7 Å². The molecule has 1 fully saturated rings. The van der Waals surface area contributed by atoms with E-state index in [0.29, 0.717) is 6.42 Å². The van der Waals surface area contributed by atoms with Crippen LogP contribution in [-0.2, 0) is 23.7 Å². The third-order valence-corrected chi connectivity index (χ3v) is 7.54. The van der Waals surface area contributed by atoms with Crippen LogP contribution in [0.15, 0.2) is 113 Å². The molecule has 1 aliphatic heterocycles. The molecule has 0 spiro atoms. The van der Waals surface area contributed by atoms with Crippen molar-refractivity contribution >= 4 is 29.8 Å². The lowest BCUT2D eigenvalue weighted by Crippen LogP contribution is -2.49. The van der Waals surface area contributed by atoms with Crippen LogP contribution in [0.5, 0.6) is 0 Å². The maximum Gasteiger partial charge on any atom is 0.412 e. The number of hydrogen-bond donors (Lipinski definition) is 1. The quantitative estimate of drug-likeness (QED) is 0.0465. The number of amides is 1. The van der Waals surface area contributed by atoms with Crippen LogP contribution in [0.2, 0.25) is 0 Å². The molecule has 1 saturated heterocycles. The van der Waals surface area contributed by atoms with Crippen LogP contribution in [0.3, 0.4) is 0 Å². The molecule has 51 heavy (non-hydrogen) atoms. The lowest BCUT2D eigenvalue weighted by atomic mass is 10.0. The molecular formula is C35H32N6O10. The molecule has 1 aromatic heterocycles. The molecule has 262 valence electrons. The molecule has 0 unspecified atom stereocenters. The number of nitrogens with zero attached hydrogens (tertiary/aromatic N) is 5. The molecule has 0 bridgehead atoms. The third-order valence-electron chi connectivity index (χ3n) is 7.54. The van der Waals surface area contributed by atoms with Gasteiger partial charge in [-0.1, -0.05) is 73.1 Å². The summed E-state index contributed by atoms with van der Waals surface area (Å²) >= 11 is 0. The average Bonchev–Trinajstić information content (AvgIpc) is 3.43. The summed E-state index contributed by atoms with van der Waals surface area (Å²) in [6.45, 7) is 1.23. The maximum atomic E-state index is 13.5. The van der Waals surface area contributed by atoms with Crippen molar-refractivity contribution < 1.29 is 42.9 Å². The molecule has 16 nitrogen and oxygen atoms in total. The van der Waals surface area contributed by atoms with E-state index in [4.69, 9.17) is 23.7 Å². The van der Waals surface area contributed by atoms with Gasteiger partial charge in [0.15, 0.2) is 18.4 Å². The molecule has 5 rings (SSSR count). The molecule has 3 aromatic carbocycles. The Morgan fingerprint density at radius 3 is 1.98 bits per heavy atom. The van der Waals surface area contributed by atoms with Crippen molar-refractivity contribution in [3.63, 3.8) is 0 Å². The molecule has 2 heterocycles. The molecule has 1 N–H and O–H groups in total. The van der Waals surface area contributed by atoms with E-state index in [0.717, 1.165) is 11.0 Å². The average molecular weight is 697 g/mol. The molecule has 1 aliphatic rings. The number of rotatable bonds is 13. The van der Waals surface area contributed by atoms with Gasteiger partial charge in [0.25, 0.3) is 0 Å². The van der Waals surface area contributed by atoms with Gasteiger partial charge in [0.05, 0.1) is 23.3 Å². The van der Waals surface area contributed by atoms with Crippen LogP contribution < -0.4 is 11.0 Å². The van der Waals surface area contributed by atoms with E-state index in [1.165, 1.54) is 48.7 Å². The minimum atomic E-state index is -2.39. The minimum absolute atomic E-state index is 0.0743. The maximum absolute atomic E-state index is 13.5. The van der Waals surface area contributed by atoms with E-state index in [1.54, 1.807) is 54.6 Å². The summed E-state index contributed by atoms with van der Waals surface area (Å²) in [5, 5.41) is 6.14. The summed E-state index contributed by atoms with van der Waals surface area (Å²) in [5.74, 6) is -2.87. The topological polar surface area (TPSA) is 210 Å². The summed E-state index contributed by atoms with van der Waals surface area (Å²) in [5.41, 5.74) is 6.65. The molecule has 4 aromatic rings. The Balaban J connectivity index is 1.57. The van der Waals surface area contributed by atoms with Gasteiger partial charge in [-0.25, -0.2) is 24.0 Å². The summed E-state index contributed by atoms with van der Waals surface area (Å²) in [6.07, 6.45) is -3.43. The van der Waals surface area contributed by atoms with Crippen LogP contribution in [0, 0.1) is 0 Å². The van der Waals surface area contributed by atoms with Crippen molar-refractivity contribution in [2.75, 3.05) is 18.5 Å². The number of hydrogen-bond acceptors (Lipinski definition) is 12. The Morgan fingerprint density at radius 1 is 0.863 bits per heavy atom. The number of carbonyl (C=O) groups is 4. The zero-order valence-corrected chi connectivity index (χ0v) is 27.2. The van der Waals surface area contributed by atoms with Crippen LogP contribution >= 0.6 is 0 Å². The molecular weight excluding hydrogens is 664 g/mol. The van der Waals surface area contributed by atoms with Crippen molar-refractivity contribution in [1.82, 2.24) is 9.55 Å². The zero-order chi connectivity index (χ0) is 36.2. The number of aromatic nitrogens is 2. The summed E-state index contributed by atoms with van der Waals surface area (Å²) in [7, 11) is 0. The van der Waals surface area contributed by atoms with Crippen LogP contribution in [0.25, 0.3) is 10.4 Å². The molecule has 0 saturated carbocycles. The number of benzene rings is 3. The van der Waals surface area contributed by atoms with Gasteiger partial charge in [0.1, 0.15) is 12.4 Å². The number of nitrogens with one attached hydrogen (secondary N) is 1. The number of esters is 3. The van der Waals surface area contributed by atoms with Crippen molar-refractivity contribution in [2.45, 2.75) is 43.9 Å². The second-order valence-electron chi connectivity index (χ2n) is 11.0. The van der Waals surface area contributed by atoms with Crippen molar-refractivity contribution in [3.8, 4) is 0 Å². The predicted octanol–water partition coefficient (Wildman–Crippen LogP) is 5.44. The zero-order valence-electron chi connectivity index (χ0n) is 27.2. The number of anilines is 1. The lowest BCUT2D eigenvalue weighted by molar-refractivity contribution is -0.129. The second-order valence-corrected chi connectivity index (χ2v) is 11.0. The highest BCUT2D eigenvalue weighted by atomic mass is 16.7. The number of carbonyl (C=O) groups excluding carboxylic acids is 4. The Kier molecular flexibility index (Phi) is 11.7. The number of ether oxygens (including phenoxy) is 5. The monoisotopic (exact) mass is 696 g/mol. The Labute approximate surface area is 290 Å². The van der Waals surface area contributed by atoms with Gasteiger partial charge in [0.2, 0.25) is 5.72 Å². The van der Waals surface area contributed by atoms with E-state index >= 15 is 0 Å². The van der Waals surface area contributed by atoms with Gasteiger partial charge in [0, 0.05) is 11.1 Å². The largest absolute Gasteiger partial charge is 0.459 e. The second kappa shape index (κ2) is 16.7. The van der Waals surface area contributed by atoms with Crippen LogP contribution in [0.4, 0.5) is 10.6 Å². The van der Waals surface area contributed by atoms with Crippen molar-refractivity contribution in [1.29, 1.82) is 0 Å². The Bertz CT molecular complexity index is 1950. The molecule has 0 aliphatic carbocycles. The predicted molar refractivity (Wildman–Crippen MR) is 178 cm³/mol. The minimum Gasteiger partial charge on any atom is -0.459 e. The summed E-state index contributed by atoms with van der Waals surface area (Å²) < 4.78 is 29.4. The highest BCUT2D eigenvalue weighted by Crippen LogP contribution is 2.43. The number of azide groups is 1. The molecule has 16 heteroatoms. The van der Waals surface area contributed by atoms with E-state index in [1.807, 2.05) is 6.92 Å². The molecule has 4 atom stereocenters. The fourth-order valence-corrected chi connectivity index (χ4v) is 5.02. The van der Waals surface area contributed by atoms with E-state index in [-0.39, 0.29) is 29.1 Å². The first-order chi connectivity index (χ1) is 24.7. The summed E-state index contributed by atoms with van der Waals surface area (Å²) in [4.78, 5) is 72.5. The van der Waals surface area contributed by atoms with Gasteiger partial charge in [-0.15, -0.1) is 0 Å². The fourth-order valence-electron chi connectivity index (χ4n) is 5.02. The normalized spacial score (nSPS) is 19.2. The van der Waals surface area contributed by atoms with Gasteiger partial charge in [-0.3, -0.25) is 9.88 Å². The van der Waals surface area contributed by atoms with Crippen LogP contribution in [-0.4, -0.2) is 64.7 Å². The first-order valence-electron chi connectivity index (χ1n) is 15.8. The summed E-state index contributed by atoms with van der Waals surface area (Å²) in [6, 6.07) is 24.7. The highest BCUT2D eigenvalue weighted by molar-refractivity contribution is 5.91. The van der Waals surface area contributed by atoms with Crippen molar-refractivity contribution in [3.05, 3.63) is 141 Å². The SMILES string of the molecule is CCCCOC(=O)Nc1ccn([C@@H]2O[C@@](COC(=O)c3ccccc3)(N=[N+]=[N-])[C@@H](OC(=O)c3ccccc3)[C@H]2OC(=O)c2ccccc2)c(=O)n1. The van der Waals surface area contributed by atoms with E-state index in [2.05, 4.69) is 20.3 Å². The first-order valence-corrected chi connectivity index (χ1v) is 15.8. The smallest absolute Gasteiger partial charge is 0.412 e. The third kappa shape index (κ3) is 8.75. The van der Waals surface area contributed by atoms with E-state index in [9.17, 15) is 29.5 Å². The molecule has 1 amide bonds. The molecule has 0 radical (unpaired) electrons. The lowest BCUT2D eigenvalue weighted by Gasteiger charge is -2.29. The Morgan fingerprint density at radius 2 is 1.43 bits per heavy atom. The van der Waals surface area contributed by atoms with Gasteiger partial charge in [-0.05, 0) is 54.4 Å². The number of unbranched alkanes of at least 4 members (excludes halogenated alkanes) is 1. The van der Waals surface area contributed by atoms with Crippen LogP contribution in [0.1, 0.15) is 57.1 Å². The van der Waals surface area contributed by atoms with Gasteiger partial charge in [-0.2, -0.15) is 4.98 Å². The van der Waals surface area contributed by atoms with Crippen molar-refractivity contribution in [2.24, 2.45) is 5.11 Å². The van der Waals surface area contributed by atoms with Gasteiger partial charge >= 0.3 is 29.7 Å². The first kappa shape index (κ1) is 35.8. The van der Waals surface area contributed by atoms with E-state index < -0.39 is 60.5 Å². The standard InChI is InChI=1S/C35H32N6O10/c1-2-3-21-47-34(46)38-26-19-20-41(33(45)37-26)29-27(49-31(43)24-15-9-5-10-16-24)28(50-32(44)25-17-11-6-12-18-25)35(51-29,39-40-36)22-48-30(42)23-13-7-4-8-14-23/h4-20,27-29H,2-3,21-22H2,1H3,(H,37,38,45,46)/t27-,28+,29-,35-/m1/s1.